The number of carbonyl (C=O) groups is 1. The van der Waals surface area contributed by atoms with E-state index in [9.17, 15) is 14.9 Å². The number of aryl methyl sites for hydroxylation is 1. The van der Waals surface area contributed by atoms with E-state index in [0.717, 1.165) is 10.9 Å². The van der Waals surface area contributed by atoms with Crippen LogP contribution in [0.4, 0.5) is 11.4 Å². The molecule has 1 aromatic heterocycles. The summed E-state index contributed by atoms with van der Waals surface area (Å²) in [5.41, 5.74) is 2.43. The van der Waals surface area contributed by atoms with Crippen molar-refractivity contribution in [1.29, 1.82) is 0 Å². The summed E-state index contributed by atoms with van der Waals surface area (Å²) in [7, 11) is 0. The maximum atomic E-state index is 12.2. The van der Waals surface area contributed by atoms with Crippen molar-refractivity contribution in [3.05, 3.63) is 63.8 Å². The third kappa shape index (κ3) is 3.03. The Kier molecular flexibility index (Phi) is 3.76. The van der Waals surface area contributed by atoms with Crippen LogP contribution < -0.4 is 5.32 Å². The molecule has 1 amide bonds. The number of hydrogen-bond donors (Lipinski definition) is 2. The Bertz CT molecular complexity index is 901. The molecule has 0 radical (unpaired) electrons. The second-order valence-electron chi connectivity index (χ2n) is 5.20. The quantitative estimate of drug-likeness (QED) is 0.571. The number of para-hydroxylation sites is 1. The lowest BCUT2D eigenvalue weighted by Gasteiger charge is -2.05. The number of nitro groups is 1. The van der Waals surface area contributed by atoms with Gasteiger partial charge < -0.3 is 5.32 Å². The predicted molar refractivity (Wildman–Crippen MR) is 86.3 cm³/mol. The van der Waals surface area contributed by atoms with Gasteiger partial charge in [-0.1, -0.05) is 24.3 Å². The first-order chi connectivity index (χ1) is 11.0. The molecule has 0 saturated heterocycles. The molecule has 0 unspecified atom stereocenters. The van der Waals surface area contributed by atoms with E-state index in [1.54, 1.807) is 19.1 Å². The molecule has 0 fully saturated rings. The zero-order valence-electron chi connectivity index (χ0n) is 12.4. The van der Waals surface area contributed by atoms with Crippen LogP contribution in [0.15, 0.2) is 42.5 Å². The number of aromatic amines is 1. The standard InChI is InChI=1S/C16H14N4O3/c1-10-6-7-11(8-15(10)20(22)23)17-16(21)9-14-12-4-2-3-5-13(12)18-19-14/h2-8H,9H2,1H3,(H,17,21)(H,18,19). The molecule has 0 aliphatic carbocycles. The highest BCUT2D eigenvalue weighted by atomic mass is 16.6. The first-order valence-electron chi connectivity index (χ1n) is 7.01. The van der Waals surface area contributed by atoms with Gasteiger partial charge in [-0.15, -0.1) is 0 Å². The number of benzene rings is 2. The van der Waals surface area contributed by atoms with Gasteiger partial charge in [-0.05, 0) is 19.1 Å². The van der Waals surface area contributed by atoms with Gasteiger partial charge in [0.15, 0.2) is 0 Å². The Morgan fingerprint density at radius 3 is 2.87 bits per heavy atom. The van der Waals surface area contributed by atoms with Crippen LogP contribution in [0.1, 0.15) is 11.3 Å². The van der Waals surface area contributed by atoms with Gasteiger partial charge in [-0.25, -0.2) is 0 Å². The fourth-order valence-corrected chi connectivity index (χ4v) is 2.40. The van der Waals surface area contributed by atoms with Crippen molar-refractivity contribution in [3.8, 4) is 0 Å². The molecule has 23 heavy (non-hydrogen) atoms. The summed E-state index contributed by atoms with van der Waals surface area (Å²) in [5, 5.41) is 21.5. The molecule has 2 N–H and O–H groups in total. The molecule has 7 heteroatoms. The van der Waals surface area contributed by atoms with Crippen molar-refractivity contribution < 1.29 is 9.72 Å². The zero-order valence-corrected chi connectivity index (χ0v) is 12.4. The summed E-state index contributed by atoms with van der Waals surface area (Å²) >= 11 is 0. The lowest BCUT2D eigenvalue weighted by Crippen LogP contribution is -2.15. The Hall–Kier alpha value is -3.22. The summed E-state index contributed by atoms with van der Waals surface area (Å²) in [4.78, 5) is 22.6. The van der Waals surface area contributed by atoms with Crippen LogP contribution in [-0.4, -0.2) is 21.0 Å². The van der Waals surface area contributed by atoms with E-state index in [0.29, 0.717) is 16.9 Å². The first-order valence-corrected chi connectivity index (χ1v) is 7.01. The monoisotopic (exact) mass is 310 g/mol. The molecule has 0 aliphatic heterocycles. The Labute approximate surface area is 131 Å². The largest absolute Gasteiger partial charge is 0.325 e. The number of H-pyrrole nitrogens is 1. The molecule has 1 heterocycles. The summed E-state index contributed by atoms with van der Waals surface area (Å²) < 4.78 is 0. The summed E-state index contributed by atoms with van der Waals surface area (Å²) in [6.45, 7) is 1.65. The number of hydrogen-bond acceptors (Lipinski definition) is 4. The van der Waals surface area contributed by atoms with Crippen LogP contribution in [0.3, 0.4) is 0 Å². The van der Waals surface area contributed by atoms with Crippen molar-refractivity contribution in [2.24, 2.45) is 0 Å². The second-order valence-corrected chi connectivity index (χ2v) is 5.20. The summed E-state index contributed by atoms with van der Waals surface area (Å²) in [6, 6.07) is 12.1. The van der Waals surface area contributed by atoms with Gasteiger partial charge in [0.2, 0.25) is 5.91 Å². The third-order valence-electron chi connectivity index (χ3n) is 3.57. The topological polar surface area (TPSA) is 101 Å². The molecule has 116 valence electrons. The number of carbonyl (C=O) groups excluding carboxylic acids is 1. The molecule has 0 atom stereocenters. The van der Waals surface area contributed by atoms with Crippen molar-refractivity contribution in [1.82, 2.24) is 10.2 Å². The van der Waals surface area contributed by atoms with Crippen molar-refractivity contribution in [3.63, 3.8) is 0 Å². The number of aromatic nitrogens is 2. The van der Waals surface area contributed by atoms with Crippen LogP contribution >= 0.6 is 0 Å². The Balaban J connectivity index is 1.77. The minimum Gasteiger partial charge on any atom is -0.325 e. The van der Waals surface area contributed by atoms with Crippen LogP contribution in [0.2, 0.25) is 0 Å². The molecule has 2 aromatic carbocycles. The molecular weight excluding hydrogens is 296 g/mol. The average molecular weight is 310 g/mol. The molecule has 0 bridgehead atoms. The number of amides is 1. The number of nitro benzene ring substituents is 1. The highest BCUT2D eigenvalue weighted by molar-refractivity contribution is 5.95. The summed E-state index contributed by atoms with van der Waals surface area (Å²) in [6.07, 6.45) is 0.113. The SMILES string of the molecule is Cc1ccc(NC(=O)Cc2[nH]nc3ccccc23)cc1[N+](=O)[O-]. The van der Waals surface area contributed by atoms with Gasteiger partial charge in [0.05, 0.1) is 22.6 Å². The first kappa shape index (κ1) is 14.7. The average Bonchev–Trinajstić information content (AvgIpc) is 2.92. The fraction of sp³-hybridized carbons (Fsp3) is 0.125. The van der Waals surface area contributed by atoms with Crippen LogP contribution in [0.5, 0.6) is 0 Å². The maximum Gasteiger partial charge on any atom is 0.274 e. The van der Waals surface area contributed by atoms with Crippen LogP contribution in [0.25, 0.3) is 10.9 Å². The summed E-state index contributed by atoms with van der Waals surface area (Å²) in [5.74, 6) is -0.266. The number of rotatable bonds is 4. The van der Waals surface area contributed by atoms with E-state index in [1.807, 2.05) is 24.3 Å². The van der Waals surface area contributed by atoms with Gasteiger partial charge in [-0.2, -0.15) is 5.10 Å². The molecule has 0 aliphatic rings. The predicted octanol–water partition coefficient (Wildman–Crippen LogP) is 2.96. The number of fused-ring (bicyclic) bond motifs is 1. The van der Waals surface area contributed by atoms with Gasteiger partial charge >= 0.3 is 0 Å². The van der Waals surface area contributed by atoms with Gasteiger partial charge in [0.1, 0.15) is 0 Å². The fourth-order valence-electron chi connectivity index (χ4n) is 2.40. The molecule has 3 aromatic rings. The van der Waals surface area contributed by atoms with E-state index in [-0.39, 0.29) is 18.0 Å². The highest BCUT2D eigenvalue weighted by Gasteiger charge is 2.14. The van der Waals surface area contributed by atoms with Crippen molar-refractivity contribution >= 4 is 28.2 Å². The number of nitrogens with zero attached hydrogens (tertiary/aromatic N) is 2. The van der Waals surface area contributed by atoms with Crippen LogP contribution in [-0.2, 0) is 11.2 Å². The number of anilines is 1. The lowest BCUT2D eigenvalue weighted by molar-refractivity contribution is -0.385. The Morgan fingerprint density at radius 2 is 2.09 bits per heavy atom. The zero-order chi connectivity index (χ0) is 16.4. The number of nitrogens with one attached hydrogen (secondary N) is 2. The van der Waals surface area contributed by atoms with Gasteiger partial charge in [0, 0.05) is 22.7 Å². The van der Waals surface area contributed by atoms with E-state index in [1.165, 1.54) is 6.07 Å². The molecule has 3 rings (SSSR count). The Morgan fingerprint density at radius 1 is 1.30 bits per heavy atom. The molecule has 7 nitrogen and oxygen atoms in total. The minimum absolute atomic E-state index is 0.0187. The third-order valence-corrected chi connectivity index (χ3v) is 3.57. The highest BCUT2D eigenvalue weighted by Crippen LogP contribution is 2.22. The van der Waals surface area contributed by atoms with Crippen LogP contribution in [0, 0.1) is 17.0 Å². The molecular formula is C16H14N4O3. The van der Waals surface area contributed by atoms with Crippen molar-refractivity contribution in [2.45, 2.75) is 13.3 Å². The van der Waals surface area contributed by atoms with E-state index in [2.05, 4.69) is 15.5 Å². The van der Waals surface area contributed by atoms with Gasteiger partial charge in [0.25, 0.3) is 5.69 Å². The van der Waals surface area contributed by atoms with E-state index >= 15 is 0 Å². The molecule has 0 spiro atoms. The molecule has 0 saturated carbocycles. The second kappa shape index (κ2) is 5.88. The van der Waals surface area contributed by atoms with E-state index in [4.69, 9.17) is 0 Å². The van der Waals surface area contributed by atoms with E-state index < -0.39 is 4.92 Å². The normalized spacial score (nSPS) is 10.7. The van der Waals surface area contributed by atoms with Gasteiger partial charge in [-0.3, -0.25) is 20.0 Å². The smallest absolute Gasteiger partial charge is 0.274 e. The maximum absolute atomic E-state index is 12.2. The lowest BCUT2D eigenvalue weighted by atomic mass is 10.1. The van der Waals surface area contributed by atoms with Crippen molar-refractivity contribution in [2.75, 3.05) is 5.32 Å². The minimum atomic E-state index is -0.465.